The molecule has 14 aromatic rings. The largest absolute Gasteiger partial charge is 0.508 e. The molecule has 14 aromatic carbocycles. The van der Waals surface area contributed by atoms with Gasteiger partial charge in [-0.1, -0.05) is 257 Å². The Balaban J connectivity index is 0.565. The van der Waals surface area contributed by atoms with Gasteiger partial charge in [0.05, 0.1) is 5.30 Å². The summed E-state index contributed by atoms with van der Waals surface area (Å²) < 4.78 is 56.2. The van der Waals surface area contributed by atoms with Gasteiger partial charge in [-0.25, -0.2) is 0 Å². The van der Waals surface area contributed by atoms with E-state index in [0.717, 1.165) is 129 Å². The second-order valence-electron chi connectivity index (χ2n) is 35.6. The lowest BCUT2D eigenvalue weighted by atomic mass is 9.76. The molecule has 11 heteroatoms. The predicted octanol–water partition coefficient (Wildman–Crippen LogP) is 25.2. The average Bonchev–Trinajstić information content (AvgIpc) is 0.759. The highest BCUT2D eigenvalue weighted by Crippen LogP contribution is 2.48. The average molecular weight is 1650 g/mol. The Morgan fingerprint density at radius 2 is 0.639 bits per heavy atom. The topological polar surface area (TPSA) is 113 Å². The molecule has 0 radical (unpaired) electrons. The van der Waals surface area contributed by atoms with Crippen LogP contribution in [0.3, 0.4) is 0 Å². The van der Waals surface area contributed by atoms with Crippen LogP contribution in [0.15, 0.2) is 303 Å². The third-order valence-electron chi connectivity index (χ3n) is 23.4. The molecule has 622 valence electrons. The molecule has 0 aliphatic carbocycles. The van der Waals surface area contributed by atoms with Gasteiger partial charge in [-0.3, -0.25) is 0 Å². The van der Waals surface area contributed by atoms with Crippen molar-refractivity contribution in [3.05, 3.63) is 392 Å². The Morgan fingerprint density at radius 1 is 0.320 bits per heavy atom. The van der Waals surface area contributed by atoms with E-state index in [1.165, 1.54) is 32.9 Å². The van der Waals surface area contributed by atoms with Gasteiger partial charge in [0.2, 0.25) is 0 Å². The first-order valence-electron chi connectivity index (χ1n) is 42.2. The molecule has 0 saturated heterocycles. The zero-order chi connectivity index (χ0) is 86.6. The summed E-state index contributed by atoms with van der Waals surface area (Å²) in [6, 6.07) is 103. The molecular formula is C111H114O9P2. The van der Waals surface area contributed by atoms with Crippen molar-refractivity contribution in [2.75, 3.05) is 0 Å². The van der Waals surface area contributed by atoms with Crippen molar-refractivity contribution in [1.29, 1.82) is 0 Å². The molecule has 122 heavy (non-hydrogen) atoms. The van der Waals surface area contributed by atoms with Crippen molar-refractivity contribution < 1.29 is 43.2 Å². The number of hydrogen-bond donors (Lipinski definition) is 2. The van der Waals surface area contributed by atoms with Gasteiger partial charge in [-0.2, -0.15) is 0 Å². The van der Waals surface area contributed by atoms with E-state index < -0.39 is 37.5 Å². The zero-order valence-corrected chi connectivity index (χ0v) is 75.6. The third kappa shape index (κ3) is 19.5. The lowest BCUT2D eigenvalue weighted by Gasteiger charge is -2.34. The van der Waals surface area contributed by atoms with Crippen LogP contribution in [-0.4, -0.2) is 21.4 Å². The van der Waals surface area contributed by atoms with Crippen LogP contribution in [-0.2, 0) is 47.2 Å². The van der Waals surface area contributed by atoms with Gasteiger partial charge in [0.25, 0.3) is 0 Å². The highest BCUT2D eigenvalue weighted by molar-refractivity contribution is 7.85. The third-order valence-corrected chi connectivity index (χ3v) is 29.0. The zero-order valence-electron chi connectivity index (χ0n) is 73.8. The SMILES string of the molecule is Cc1cc(C(C)(C)Oc2c(C)cc(C(C)(C)c3cc(C)c(OC(C)(C)c4cc(C)c(OC(C)(C)Cc5ccc(-c6ccc(COc7ccc(O)cc7P(c7ccccc7)c7ccccc7)cc6)cc5)c(C)c4)c(C)c3)cc2C)cc(C)c1OC(C)(C)Cc1ccc(-c2ccc(COc3ccc(O)c(P(=O)(c4ccccc4)c4ccccc4)c3)cc2)cc1. The van der Waals surface area contributed by atoms with Crippen LogP contribution in [0.5, 0.6) is 46.0 Å². The second kappa shape index (κ2) is 35.7. The number of hydrogen-bond acceptors (Lipinski definition) is 9. The van der Waals surface area contributed by atoms with Crippen LogP contribution < -0.4 is 60.2 Å². The smallest absolute Gasteiger partial charge is 0.174 e. The fourth-order valence-corrected chi connectivity index (χ4v) is 21.9. The number of ether oxygens (including phenoxy) is 6. The Bertz CT molecular complexity index is 5920. The molecule has 0 aromatic heterocycles. The molecular weight excluding hydrogens is 1540 g/mol. The van der Waals surface area contributed by atoms with Crippen LogP contribution in [0.25, 0.3) is 22.3 Å². The summed E-state index contributed by atoms with van der Waals surface area (Å²) in [6.07, 6.45) is 1.43. The molecule has 0 atom stereocenters. The van der Waals surface area contributed by atoms with E-state index in [1.54, 1.807) is 24.3 Å². The number of aryl methyl sites for hydroxylation is 8. The first kappa shape index (κ1) is 86.5. The van der Waals surface area contributed by atoms with E-state index in [2.05, 4.69) is 319 Å². The molecule has 0 bridgehead atoms. The summed E-state index contributed by atoms with van der Waals surface area (Å²) in [5, 5.41) is 26.9. The first-order valence-corrected chi connectivity index (χ1v) is 45.3. The van der Waals surface area contributed by atoms with Crippen molar-refractivity contribution in [3.8, 4) is 68.2 Å². The molecule has 0 fully saturated rings. The van der Waals surface area contributed by atoms with Crippen molar-refractivity contribution in [3.63, 3.8) is 0 Å². The molecule has 0 unspecified atom stereocenters. The molecule has 0 spiro atoms. The number of phenolic OH excluding ortho intramolecular Hbond substituents is 2. The number of aromatic hydroxyl groups is 2. The fraction of sp³-hybridized carbons (Fsp3) is 0.243. The molecule has 2 N–H and O–H groups in total. The minimum absolute atomic E-state index is 0.0373. The summed E-state index contributed by atoms with van der Waals surface area (Å²) in [6.45, 7) is 39.8. The van der Waals surface area contributed by atoms with Crippen LogP contribution in [0, 0.1) is 55.4 Å². The van der Waals surface area contributed by atoms with Gasteiger partial charge in [0.1, 0.15) is 81.6 Å². The van der Waals surface area contributed by atoms with Crippen molar-refractivity contribution in [1.82, 2.24) is 0 Å². The quantitative estimate of drug-likeness (QED) is 0.0425. The molecule has 0 aliphatic rings. The van der Waals surface area contributed by atoms with Gasteiger partial charge in [-0.15, -0.1) is 0 Å². The lowest BCUT2D eigenvalue weighted by molar-refractivity contribution is 0.102. The highest BCUT2D eigenvalue weighted by atomic mass is 31.2. The molecule has 0 aliphatic heterocycles. The number of rotatable bonds is 30. The van der Waals surface area contributed by atoms with E-state index in [4.69, 9.17) is 28.4 Å². The molecule has 0 amide bonds. The van der Waals surface area contributed by atoms with Gasteiger partial charge < -0.3 is 43.2 Å². The number of phenols is 2. The highest BCUT2D eigenvalue weighted by Gasteiger charge is 2.36. The maximum Gasteiger partial charge on any atom is 0.174 e. The van der Waals surface area contributed by atoms with Crippen LogP contribution in [0.4, 0.5) is 0 Å². The van der Waals surface area contributed by atoms with Crippen LogP contribution in [0.2, 0.25) is 0 Å². The fourth-order valence-electron chi connectivity index (χ4n) is 16.7. The van der Waals surface area contributed by atoms with Crippen molar-refractivity contribution >= 4 is 46.9 Å². The van der Waals surface area contributed by atoms with Crippen LogP contribution >= 0.6 is 15.1 Å². The second-order valence-corrected chi connectivity index (χ2v) is 40.6. The molecule has 9 nitrogen and oxygen atoms in total. The molecule has 0 saturated carbocycles. The van der Waals surface area contributed by atoms with E-state index in [1.807, 2.05) is 84.9 Å². The standard InChI is InChI=1S/C111H114O9P2/c1-73-59-89(60-74(2)105(73)119-110(15,16)91-63-77(5)103(78(6)64-91)117-107(9,10)69-81-39-47-85(48-40-81)87-51-43-83(44-52-87)71-115-94-56-57-99(113)102(68-94)122(114,97-35-27-21-28-36-97)98-37-29-22-30-38-98)109(13,14)90-61-75(3)106(76(4)62-90)120-111(17,18)92-65-79(7)104(80(8)66-92)118-108(11,12)70-82-41-49-86(50-42-82)88-53-45-84(46-54-88)72-116-100-58-55-93(112)67-101(100)121(95-31-23-19-24-32-95)96-33-25-20-26-34-96/h19-68,112-113H,69-72H2,1-18H3. The monoisotopic (exact) mass is 1650 g/mol. The Hall–Kier alpha value is -11.9. The van der Waals surface area contributed by atoms with Gasteiger partial charge >= 0.3 is 0 Å². The van der Waals surface area contributed by atoms with Crippen LogP contribution in [0.1, 0.15) is 158 Å². The van der Waals surface area contributed by atoms with E-state index in [9.17, 15) is 10.2 Å². The van der Waals surface area contributed by atoms with Crippen molar-refractivity contribution in [2.24, 2.45) is 0 Å². The van der Waals surface area contributed by atoms with Crippen molar-refractivity contribution in [2.45, 2.75) is 179 Å². The van der Waals surface area contributed by atoms with E-state index >= 15 is 4.57 Å². The van der Waals surface area contributed by atoms with Gasteiger partial charge in [0, 0.05) is 34.2 Å². The Morgan fingerprint density at radius 3 is 1.00 bits per heavy atom. The normalized spacial score (nSPS) is 12.2. The van der Waals surface area contributed by atoms with Gasteiger partial charge in [0.15, 0.2) is 7.14 Å². The minimum atomic E-state index is -3.41. The number of benzene rings is 14. The summed E-state index contributed by atoms with van der Waals surface area (Å²) in [5.74, 6) is 5.02. The van der Waals surface area contributed by atoms with E-state index in [0.29, 0.717) is 41.3 Å². The summed E-state index contributed by atoms with van der Waals surface area (Å²) >= 11 is 0. The maximum absolute atomic E-state index is 15.1. The minimum Gasteiger partial charge on any atom is -0.508 e. The Kier molecular flexibility index (Phi) is 25.3. The summed E-state index contributed by atoms with van der Waals surface area (Å²) in [4.78, 5) is 0. The first-order chi connectivity index (χ1) is 58.1. The summed E-state index contributed by atoms with van der Waals surface area (Å²) in [5.41, 5.74) is 19.3. The van der Waals surface area contributed by atoms with Gasteiger partial charge in [-0.05, 0) is 301 Å². The van der Waals surface area contributed by atoms with E-state index in [-0.39, 0.29) is 16.9 Å². The summed E-state index contributed by atoms with van der Waals surface area (Å²) in [7, 11) is -4.39. The molecule has 14 rings (SSSR count). The Labute approximate surface area is 724 Å². The predicted molar refractivity (Wildman–Crippen MR) is 507 cm³/mol. The molecule has 0 heterocycles. The maximum atomic E-state index is 15.1. The lowest BCUT2D eigenvalue weighted by Crippen LogP contribution is -2.32.